The minimum absolute atomic E-state index is 0.0454. The number of aliphatic hydroxyl groups is 1. The molecule has 1 aliphatic rings. The van der Waals surface area contributed by atoms with E-state index in [-0.39, 0.29) is 18.9 Å². The Kier molecular flexibility index (Phi) is 9.74. The lowest BCUT2D eigenvalue weighted by Crippen LogP contribution is -2.53. The van der Waals surface area contributed by atoms with E-state index in [1.54, 1.807) is 30.3 Å². The van der Waals surface area contributed by atoms with Crippen molar-refractivity contribution in [1.82, 2.24) is 10.9 Å². The van der Waals surface area contributed by atoms with Crippen LogP contribution in [-0.4, -0.2) is 35.7 Å². The molecule has 0 aliphatic carbocycles. The quantitative estimate of drug-likeness (QED) is 0.0430. The molecule has 0 fully saturated rings. The minimum atomic E-state index is -1.49. The van der Waals surface area contributed by atoms with Crippen LogP contribution in [0.3, 0.4) is 0 Å². The number of hydrazine groups is 1. The summed E-state index contributed by atoms with van der Waals surface area (Å²) in [5.41, 5.74) is 17.4. The first-order chi connectivity index (χ1) is 23.1. The highest BCUT2D eigenvalue weighted by atomic mass is 16.5. The zero-order valence-electron chi connectivity index (χ0n) is 25.6. The average molecular weight is 627 g/mol. The molecule has 0 saturated heterocycles. The molecular weight excluding hydrogens is 592 g/mol. The summed E-state index contributed by atoms with van der Waals surface area (Å²) in [6.07, 6.45) is -0.203. The Morgan fingerprint density at radius 1 is 0.936 bits per heavy atom. The lowest BCUT2D eigenvalue weighted by molar-refractivity contribution is -0.130. The van der Waals surface area contributed by atoms with Gasteiger partial charge in [0, 0.05) is 47.7 Å². The Hall–Kier alpha value is -5.67. The van der Waals surface area contributed by atoms with Gasteiger partial charge in [-0.05, 0) is 51.7 Å². The predicted molar refractivity (Wildman–Crippen MR) is 181 cm³/mol. The standard InChI is InChI=1S/C37H34N6O4/c38-43-41-33-17-7-6-16-32(33)34-37(24-26-10-2-1-3-11-26,40-35(47-34)28-18-20-30(21-19-28)46-23-9-22-44)36(45)42-39-25-29-14-8-13-27-12-4-5-15-31(27)29/h1-8,10-21,34,39,44H,9,22-25H2,(H,42,45)/t34-,37-/m0/s1. The third kappa shape index (κ3) is 6.95. The summed E-state index contributed by atoms with van der Waals surface area (Å²) in [7, 11) is 0. The summed E-state index contributed by atoms with van der Waals surface area (Å²) in [4.78, 5) is 22.6. The fraction of sp³-hybridized carbons (Fsp3) is 0.189. The van der Waals surface area contributed by atoms with Crippen LogP contribution in [0.25, 0.3) is 21.2 Å². The van der Waals surface area contributed by atoms with Crippen molar-refractivity contribution < 1.29 is 19.4 Å². The molecule has 0 radical (unpaired) electrons. The number of hydrogen-bond acceptors (Lipinski definition) is 7. The van der Waals surface area contributed by atoms with Crippen LogP contribution in [0.4, 0.5) is 5.69 Å². The van der Waals surface area contributed by atoms with E-state index in [9.17, 15) is 10.3 Å². The Balaban J connectivity index is 1.38. The number of carbonyl (C=O) groups is 1. The van der Waals surface area contributed by atoms with Crippen molar-refractivity contribution in [3.05, 3.63) is 154 Å². The van der Waals surface area contributed by atoms with Crippen molar-refractivity contribution in [3.8, 4) is 5.75 Å². The Labute approximate surface area is 272 Å². The molecule has 1 aliphatic heterocycles. The van der Waals surface area contributed by atoms with E-state index in [2.05, 4.69) is 39.1 Å². The Bertz CT molecular complexity index is 1920. The minimum Gasteiger partial charge on any atom is -0.494 e. The van der Waals surface area contributed by atoms with E-state index in [0.717, 1.165) is 21.9 Å². The first kappa shape index (κ1) is 31.3. The first-order valence-electron chi connectivity index (χ1n) is 15.4. The molecule has 10 nitrogen and oxygen atoms in total. The smallest absolute Gasteiger partial charge is 0.266 e. The van der Waals surface area contributed by atoms with Gasteiger partial charge in [-0.15, -0.1) is 0 Å². The van der Waals surface area contributed by atoms with Gasteiger partial charge in [-0.1, -0.05) is 102 Å². The molecule has 2 atom stereocenters. The van der Waals surface area contributed by atoms with Gasteiger partial charge in [0.1, 0.15) is 5.75 Å². The van der Waals surface area contributed by atoms with Crippen molar-refractivity contribution >= 4 is 28.3 Å². The van der Waals surface area contributed by atoms with Crippen LogP contribution in [0, 0.1) is 0 Å². The zero-order chi connectivity index (χ0) is 32.5. The van der Waals surface area contributed by atoms with Gasteiger partial charge in [0.05, 0.1) is 6.61 Å². The Morgan fingerprint density at radius 2 is 1.68 bits per heavy atom. The molecule has 3 N–H and O–H groups in total. The molecule has 0 saturated carbocycles. The lowest BCUT2D eigenvalue weighted by atomic mass is 9.81. The monoisotopic (exact) mass is 626 g/mol. The fourth-order valence-corrected chi connectivity index (χ4v) is 5.79. The van der Waals surface area contributed by atoms with E-state index < -0.39 is 17.6 Å². The second-order valence-electron chi connectivity index (χ2n) is 11.1. The number of rotatable bonds is 13. The van der Waals surface area contributed by atoms with Crippen LogP contribution in [0.2, 0.25) is 0 Å². The summed E-state index contributed by atoms with van der Waals surface area (Å²) < 4.78 is 12.3. The third-order valence-corrected chi connectivity index (χ3v) is 8.08. The molecule has 1 heterocycles. The van der Waals surface area contributed by atoms with Crippen LogP contribution in [0.1, 0.15) is 34.8 Å². The topological polar surface area (TPSA) is 141 Å². The van der Waals surface area contributed by atoms with Crippen molar-refractivity contribution in [2.75, 3.05) is 13.2 Å². The molecule has 236 valence electrons. The van der Waals surface area contributed by atoms with Gasteiger partial charge in [0.25, 0.3) is 5.91 Å². The van der Waals surface area contributed by atoms with Crippen LogP contribution in [-0.2, 0) is 22.5 Å². The summed E-state index contributed by atoms with van der Waals surface area (Å²) in [5.74, 6) is 0.506. The SMILES string of the molecule is [N-]=[N+]=Nc1ccccc1[C@@H]1OC(c2ccc(OCCCO)cc2)=N[C@]1(Cc1ccccc1)C(=O)NNCc1cccc2ccccc12. The van der Waals surface area contributed by atoms with E-state index in [0.29, 0.717) is 42.1 Å². The number of hydrogen-bond donors (Lipinski definition) is 3. The molecule has 0 aromatic heterocycles. The fourth-order valence-electron chi connectivity index (χ4n) is 5.79. The lowest BCUT2D eigenvalue weighted by Gasteiger charge is -2.31. The van der Waals surface area contributed by atoms with Gasteiger partial charge >= 0.3 is 0 Å². The summed E-state index contributed by atoms with van der Waals surface area (Å²) >= 11 is 0. The number of carbonyl (C=O) groups excluding carboxylic acids is 1. The second kappa shape index (κ2) is 14.6. The van der Waals surface area contributed by atoms with Gasteiger partial charge in [-0.2, -0.15) is 0 Å². The zero-order valence-corrected chi connectivity index (χ0v) is 25.6. The number of nitrogens with one attached hydrogen (secondary N) is 2. The van der Waals surface area contributed by atoms with E-state index in [4.69, 9.17) is 19.6 Å². The van der Waals surface area contributed by atoms with Gasteiger partial charge in [0.2, 0.25) is 5.90 Å². The number of amides is 1. The molecule has 0 spiro atoms. The number of nitrogens with zero attached hydrogens (tertiary/aromatic N) is 4. The number of aliphatic hydroxyl groups excluding tert-OH is 1. The van der Waals surface area contributed by atoms with Crippen molar-refractivity contribution in [3.63, 3.8) is 0 Å². The number of fused-ring (bicyclic) bond motifs is 1. The molecular formula is C37H34N6O4. The van der Waals surface area contributed by atoms with Crippen LogP contribution in [0.5, 0.6) is 5.75 Å². The molecule has 0 bridgehead atoms. The van der Waals surface area contributed by atoms with Crippen molar-refractivity contribution in [2.24, 2.45) is 10.1 Å². The number of azide groups is 1. The van der Waals surface area contributed by atoms with E-state index >= 15 is 0 Å². The second-order valence-corrected chi connectivity index (χ2v) is 11.1. The van der Waals surface area contributed by atoms with E-state index in [1.807, 2.05) is 72.8 Å². The molecule has 1 amide bonds. The average Bonchev–Trinajstić information content (AvgIpc) is 3.49. The summed E-state index contributed by atoms with van der Waals surface area (Å²) in [5, 5.41) is 15.2. The van der Waals surface area contributed by atoms with Gasteiger partial charge < -0.3 is 14.6 Å². The van der Waals surface area contributed by atoms with E-state index in [1.165, 1.54) is 0 Å². The maximum absolute atomic E-state index is 14.6. The molecule has 10 heteroatoms. The van der Waals surface area contributed by atoms with Gasteiger partial charge in [0.15, 0.2) is 11.6 Å². The molecule has 0 unspecified atom stereocenters. The normalized spacial score (nSPS) is 17.0. The highest BCUT2D eigenvalue weighted by Crippen LogP contribution is 2.45. The maximum atomic E-state index is 14.6. The highest BCUT2D eigenvalue weighted by Gasteiger charge is 2.54. The van der Waals surface area contributed by atoms with Crippen LogP contribution < -0.4 is 15.6 Å². The molecule has 47 heavy (non-hydrogen) atoms. The van der Waals surface area contributed by atoms with Gasteiger partial charge in [-0.3, -0.25) is 10.2 Å². The maximum Gasteiger partial charge on any atom is 0.266 e. The molecule has 5 aromatic rings. The third-order valence-electron chi connectivity index (χ3n) is 8.08. The predicted octanol–water partition coefficient (Wildman–Crippen LogP) is 6.86. The largest absolute Gasteiger partial charge is 0.494 e. The van der Waals surface area contributed by atoms with Crippen LogP contribution >= 0.6 is 0 Å². The van der Waals surface area contributed by atoms with Crippen LogP contribution in [0.15, 0.2) is 131 Å². The summed E-state index contributed by atoms with van der Waals surface area (Å²) in [6.45, 7) is 0.811. The summed E-state index contributed by atoms with van der Waals surface area (Å²) in [6, 6.07) is 38.1. The van der Waals surface area contributed by atoms with Gasteiger partial charge in [-0.25, -0.2) is 10.4 Å². The van der Waals surface area contributed by atoms with Crippen molar-refractivity contribution in [2.45, 2.75) is 31.0 Å². The molecule has 6 rings (SSSR count). The molecule has 5 aromatic carbocycles. The Morgan fingerprint density at radius 3 is 2.49 bits per heavy atom. The number of aliphatic imine (C=N–C) groups is 1. The first-order valence-corrected chi connectivity index (χ1v) is 15.4. The van der Waals surface area contributed by atoms with Crippen molar-refractivity contribution in [1.29, 1.82) is 0 Å². The number of benzene rings is 5. The highest BCUT2D eigenvalue weighted by molar-refractivity contribution is 6.01. The number of ether oxygens (including phenoxy) is 2.